The fraction of sp³-hybridized carbons (Fsp3) is 0.625. The third-order valence-electron chi connectivity index (χ3n) is 4.36. The predicted octanol–water partition coefficient (Wildman–Crippen LogP) is 2.29. The Balaban J connectivity index is 1.92. The molecule has 0 heterocycles. The monoisotopic (exact) mass is 311 g/mol. The van der Waals surface area contributed by atoms with Crippen LogP contribution in [0.3, 0.4) is 0 Å². The quantitative estimate of drug-likeness (QED) is 0.875. The summed E-state index contributed by atoms with van der Waals surface area (Å²) < 4.78 is 22.9. The highest BCUT2D eigenvalue weighted by molar-refractivity contribution is 7.90. The number of aliphatic hydroxyl groups excluding tert-OH is 1. The Bertz CT molecular complexity index is 553. The largest absolute Gasteiger partial charge is 0.393 e. The summed E-state index contributed by atoms with van der Waals surface area (Å²) in [6.45, 7) is 2.86. The van der Waals surface area contributed by atoms with Crippen LogP contribution in [0.2, 0.25) is 0 Å². The van der Waals surface area contributed by atoms with Gasteiger partial charge in [-0.15, -0.1) is 0 Å². The van der Waals surface area contributed by atoms with Crippen molar-refractivity contribution in [1.82, 2.24) is 5.32 Å². The maximum absolute atomic E-state index is 11.4. The molecule has 118 valence electrons. The zero-order chi connectivity index (χ0) is 15.5. The van der Waals surface area contributed by atoms with E-state index in [1.807, 2.05) is 12.1 Å². The normalized spacial score (nSPS) is 24.7. The molecular formula is C16H25NO3S. The molecule has 0 aromatic heterocycles. The minimum Gasteiger partial charge on any atom is -0.393 e. The third-order valence-corrected chi connectivity index (χ3v) is 5.49. The Labute approximate surface area is 127 Å². The van der Waals surface area contributed by atoms with Crippen LogP contribution in [0, 0.1) is 5.92 Å². The van der Waals surface area contributed by atoms with Crippen LogP contribution in [-0.2, 0) is 9.84 Å². The third kappa shape index (κ3) is 4.53. The lowest BCUT2D eigenvalue weighted by molar-refractivity contribution is 0.0684. The molecule has 0 aliphatic heterocycles. The minimum atomic E-state index is -3.14. The van der Waals surface area contributed by atoms with E-state index in [2.05, 4.69) is 12.2 Å². The lowest BCUT2D eigenvalue weighted by atomic mass is 9.86. The van der Waals surface area contributed by atoms with E-state index in [9.17, 15) is 13.5 Å². The molecule has 1 saturated carbocycles. The number of aliphatic hydroxyl groups is 1. The zero-order valence-electron chi connectivity index (χ0n) is 12.7. The molecule has 5 heteroatoms. The predicted molar refractivity (Wildman–Crippen MR) is 83.9 cm³/mol. The van der Waals surface area contributed by atoms with E-state index in [-0.39, 0.29) is 12.1 Å². The van der Waals surface area contributed by atoms with Gasteiger partial charge >= 0.3 is 0 Å². The second-order valence-electron chi connectivity index (χ2n) is 6.08. The Morgan fingerprint density at radius 1 is 1.24 bits per heavy atom. The first-order valence-electron chi connectivity index (χ1n) is 7.59. The second-order valence-corrected chi connectivity index (χ2v) is 8.10. The fourth-order valence-electron chi connectivity index (χ4n) is 2.88. The van der Waals surface area contributed by atoms with Crippen LogP contribution in [0.4, 0.5) is 0 Å². The highest BCUT2D eigenvalue weighted by atomic mass is 32.2. The molecule has 2 rings (SSSR count). The molecule has 0 bridgehead atoms. The van der Waals surface area contributed by atoms with E-state index >= 15 is 0 Å². The molecule has 3 unspecified atom stereocenters. The van der Waals surface area contributed by atoms with Gasteiger partial charge in [-0.25, -0.2) is 8.42 Å². The first-order valence-corrected chi connectivity index (χ1v) is 9.48. The van der Waals surface area contributed by atoms with Gasteiger partial charge < -0.3 is 10.4 Å². The van der Waals surface area contributed by atoms with Crippen LogP contribution < -0.4 is 5.32 Å². The van der Waals surface area contributed by atoms with Crippen molar-refractivity contribution in [2.24, 2.45) is 5.92 Å². The number of nitrogens with one attached hydrogen (secondary N) is 1. The number of rotatable bonds is 5. The number of sulfone groups is 1. The van der Waals surface area contributed by atoms with Gasteiger partial charge in [0.1, 0.15) is 0 Å². The van der Waals surface area contributed by atoms with Crippen molar-refractivity contribution in [3.05, 3.63) is 29.8 Å². The van der Waals surface area contributed by atoms with Gasteiger partial charge in [0.15, 0.2) is 9.84 Å². The summed E-state index contributed by atoms with van der Waals surface area (Å²) in [5, 5.41) is 13.4. The number of hydrogen-bond acceptors (Lipinski definition) is 4. The second kappa shape index (κ2) is 6.90. The standard InChI is InChI=1S/C16H25NO3S/c1-12(17-11-14-5-3-4-6-16(14)18)13-7-9-15(10-8-13)21(2,19)20/h7-10,12,14,16-18H,3-6,11H2,1-2H3. The SMILES string of the molecule is CC(NCC1CCCCC1O)c1ccc(S(C)(=O)=O)cc1. The van der Waals surface area contributed by atoms with Crippen LogP contribution in [0.15, 0.2) is 29.2 Å². The average molecular weight is 311 g/mol. The van der Waals surface area contributed by atoms with Crippen molar-refractivity contribution in [2.45, 2.75) is 49.6 Å². The van der Waals surface area contributed by atoms with E-state index in [4.69, 9.17) is 0 Å². The van der Waals surface area contributed by atoms with Gasteiger partial charge in [0, 0.05) is 18.8 Å². The highest BCUT2D eigenvalue weighted by Gasteiger charge is 2.23. The summed E-state index contributed by atoms with van der Waals surface area (Å²) in [7, 11) is -3.14. The van der Waals surface area contributed by atoms with Crippen LogP contribution in [0.5, 0.6) is 0 Å². The van der Waals surface area contributed by atoms with Crippen LogP contribution in [0.25, 0.3) is 0 Å². The Morgan fingerprint density at radius 2 is 1.86 bits per heavy atom. The first-order chi connectivity index (χ1) is 9.88. The maximum atomic E-state index is 11.4. The van der Waals surface area contributed by atoms with E-state index in [1.165, 1.54) is 12.7 Å². The van der Waals surface area contributed by atoms with Gasteiger partial charge in [-0.05, 0) is 43.4 Å². The molecule has 0 spiro atoms. The molecular weight excluding hydrogens is 286 g/mol. The van der Waals surface area contributed by atoms with Crippen molar-refractivity contribution in [2.75, 3.05) is 12.8 Å². The number of benzene rings is 1. The minimum absolute atomic E-state index is 0.146. The summed E-state index contributed by atoms with van der Waals surface area (Å²) in [5.41, 5.74) is 1.06. The molecule has 2 N–H and O–H groups in total. The van der Waals surface area contributed by atoms with Crippen molar-refractivity contribution < 1.29 is 13.5 Å². The highest BCUT2D eigenvalue weighted by Crippen LogP contribution is 2.24. The van der Waals surface area contributed by atoms with Gasteiger partial charge in [0.05, 0.1) is 11.0 Å². The summed E-state index contributed by atoms with van der Waals surface area (Å²) in [6.07, 6.45) is 5.33. The van der Waals surface area contributed by atoms with Crippen molar-refractivity contribution in [3.63, 3.8) is 0 Å². The van der Waals surface area contributed by atoms with Crippen molar-refractivity contribution >= 4 is 9.84 Å². The first kappa shape index (κ1) is 16.5. The van der Waals surface area contributed by atoms with E-state index in [0.717, 1.165) is 31.4 Å². The summed E-state index contributed by atoms with van der Waals surface area (Å²) >= 11 is 0. The summed E-state index contributed by atoms with van der Waals surface area (Å²) in [4.78, 5) is 0.348. The Kier molecular flexibility index (Phi) is 5.41. The summed E-state index contributed by atoms with van der Waals surface area (Å²) in [6, 6.07) is 7.15. The molecule has 1 fully saturated rings. The maximum Gasteiger partial charge on any atom is 0.175 e. The van der Waals surface area contributed by atoms with Gasteiger partial charge in [-0.1, -0.05) is 25.0 Å². The van der Waals surface area contributed by atoms with Crippen molar-refractivity contribution in [1.29, 1.82) is 0 Å². The lowest BCUT2D eigenvalue weighted by Crippen LogP contribution is -2.34. The molecule has 3 atom stereocenters. The molecule has 1 aromatic carbocycles. The molecule has 1 aromatic rings. The molecule has 1 aliphatic carbocycles. The Hall–Kier alpha value is -0.910. The van der Waals surface area contributed by atoms with Gasteiger partial charge in [-0.2, -0.15) is 0 Å². The topological polar surface area (TPSA) is 66.4 Å². The molecule has 0 saturated heterocycles. The van der Waals surface area contributed by atoms with Crippen LogP contribution >= 0.6 is 0 Å². The molecule has 21 heavy (non-hydrogen) atoms. The van der Waals surface area contributed by atoms with E-state index < -0.39 is 9.84 Å². The molecule has 4 nitrogen and oxygen atoms in total. The lowest BCUT2D eigenvalue weighted by Gasteiger charge is -2.29. The Morgan fingerprint density at radius 3 is 2.43 bits per heavy atom. The van der Waals surface area contributed by atoms with E-state index in [0.29, 0.717) is 10.8 Å². The average Bonchev–Trinajstić information content (AvgIpc) is 2.45. The fourth-order valence-corrected chi connectivity index (χ4v) is 3.51. The molecule has 1 aliphatic rings. The number of hydrogen-bond donors (Lipinski definition) is 2. The summed E-state index contributed by atoms with van der Waals surface area (Å²) in [5.74, 6) is 0.330. The zero-order valence-corrected chi connectivity index (χ0v) is 13.6. The van der Waals surface area contributed by atoms with E-state index in [1.54, 1.807) is 12.1 Å². The smallest absolute Gasteiger partial charge is 0.175 e. The molecule has 0 radical (unpaired) electrons. The van der Waals surface area contributed by atoms with Gasteiger partial charge in [0.25, 0.3) is 0 Å². The van der Waals surface area contributed by atoms with Gasteiger partial charge in [-0.3, -0.25) is 0 Å². The molecule has 0 amide bonds. The van der Waals surface area contributed by atoms with Gasteiger partial charge in [0.2, 0.25) is 0 Å². The van der Waals surface area contributed by atoms with Crippen LogP contribution in [0.1, 0.15) is 44.2 Å². The van der Waals surface area contributed by atoms with Crippen LogP contribution in [-0.4, -0.2) is 32.4 Å². The van der Waals surface area contributed by atoms with Crippen molar-refractivity contribution in [3.8, 4) is 0 Å².